The average Bonchev–Trinajstić information content (AvgIpc) is 3.01. The molecule has 1 aliphatic heterocycles. The van der Waals surface area contributed by atoms with Crippen LogP contribution in [0.15, 0.2) is 18.2 Å². The molecular weight excluding hydrogens is 411 g/mol. The average molecular weight is 440 g/mol. The molecule has 2 aromatic rings. The second kappa shape index (κ2) is 8.81. The van der Waals surface area contributed by atoms with E-state index in [0.29, 0.717) is 22.4 Å². The number of aliphatic hydroxyl groups excluding tert-OH is 4. The van der Waals surface area contributed by atoms with Crippen LogP contribution in [0.3, 0.4) is 0 Å². The number of rotatable bonds is 6. The van der Waals surface area contributed by atoms with Gasteiger partial charge < -0.3 is 35.0 Å². The van der Waals surface area contributed by atoms with Gasteiger partial charge in [0.1, 0.15) is 24.1 Å². The Hall–Kier alpha value is -2.08. The van der Waals surface area contributed by atoms with Crippen molar-refractivity contribution in [2.75, 3.05) is 6.61 Å². The Morgan fingerprint density at radius 1 is 1.23 bits per heavy atom. The number of aryl methyl sites for hydroxylation is 1. The molecule has 5 N–H and O–H groups in total. The molecule has 31 heavy (non-hydrogen) atoms. The van der Waals surface area contributed by atoms with Gasteiger partial charge in [0.2, 0.25) is 5.88 Å². The Balaban J connectivity index is 2.00. The highest BCUT2D eigenvalue weighted by atomic mass is 19.1. The van der Waals surface area contributed by atoms with Gasteiger partial charge in [0.25, 0.3) is 0 Å². The highest BCUT2D eigenvalue weighted by Gasteiger charge is 2.55. The third kappa shape index (κ3) is 4.45. The van der Waals surface area contributed by atoms with E-state index in [1.807, 2.05) is 13.8 Å². The molecule has 3 rings (SSSR count). The van der Waals surface area contributed by atoms with Gasteiger partial charge >= 0.3 is 5.97 Å². The van der Waals surface area contributed by atoms with Crippen molar-refractivity contribution in [2.45, 2.75) is 70.5 Å². The van der Waals surface area contributed by atoms with Crippen molar-refractivity contribution in [1.29, 1.82) is 0 Å². The van der Waals surface area contributed by atoms with Crippen molar-refractivity contribution in [3.8, 4) is 5.88 Å². The van der Waals surface area contributed by atoms with Crippen LogP contribution in [0.25, 0.3) is 0 Å². The highest BCUT2D eigenvalue weighted by molar-refractivity contribution is 5.37. The van der Waals surface area contributed by atoms with E-state index in [1.54, 1.807) is 30.7 Å². The van der Waals surface area contributed by atoms with Gasteiger partial charge in [-0.15, -0.1) is 5.10 Å². The zero-order valence-corrected chi connectivity index (χ0v) is 17.9. The number of aromatic nitrogens is 2. The maximum absolute atomic E-state index is 14.0. The quantitative estimate of drug-likeness (QED) is 0.405. The highest BCUT2D eigenvalue weighted by Crippen LogP contribution is 2.34. The summed E-state index contributed by atoms with van der Waals surface area (Å²) in [7, 11) is 0. The van der Waals surface area contributed by atoms with Gasteiger partial charge in [0, 0.05) is 23.7 Å². The standard InChI is InChI=1S/C21H29FN2O7/c1-10(2)24-12(4)14(7-13-6-5-11(3)15(22)8-13)20(23-24)31-21(29)19(28)18(27)17(26)16(9-25)30-21/h5-6,8,10,16-19,25-29H,7,9H2,1-4H3/t16-,17-,18-,19-,21?/m1/s1. The van der Waals surface area contributed by atoms with E-state index in [1.165, 1.54) is 6.07 Å². The Morgan fingerprint density at radius 3 is 2.48 bits per heavy atom. The van der Waals surface area contributed by atoms with Crippen LogP contribution in [0.1, 0.15) is 42.3 Å². The fourth-order valence-electron chi connectivity index (χ4n) is 3.61. The largest absolute Gasteiger partial charge is 0.417 e. The minimum absolute atomic E-state index is 0.0738. The van der Waals surface area contributed by atoms with Gasteiger partial charge in [-0.2, -0.15) is 0 Å². The van der Waals surface area contributed by atoms with Gasteiger partial charge in [-0.1, -0.05) is 12.1 Å². The number of benzene rings is 1. The summed E-state index contributed by atoms with van der Waals surface area (Å²) in [6.07, 6.45) is -6.69. The SMILES string of the molecule is Cc1ccc(Cc2c(OC3(O)O[C@H](CO)[C@@H](O)[C@@H](O)[C@H]3O)nn(C(C)C)c2C)cc1F. The van der Waals surface area contributed by atoms with E-state index >= 15 is 0 Å². The molecule has 172 valence electrons. The van der Waals surface area contributed by atoms with Crippen LogP contribution >= 0.6 is 0 Å². The van der Waals surface area contributed by atoms with E-state index in [2.05, 4.69) is 5.10 Å². The zero-order valence-electron chi connectivity index (χ0n) is 17.9. The number of nitrogens with zero attached hydrogens (tertiary/aromatic N) is 2. The summed E-state index contributed by atoms with van der Waals surface area (Å²) >= 11 is 0. The Bertz CT molecular complexity index is 933. The number of ether oxygens (including phenoxy) is 2. The maximum Gasteiger partial charge on any atom is 0.356 e. The van der Waals surface area contributed by atoms with Crippen LogP contribution in [0.5, 0.6) is 5.88 Å². The lowest BCUT2D eigenvalue weighted by Crippen LogP contribution is -2.67. The first kappa shape index (κ1) is 23.6. The molecule has 1 saturated heterocycles. The summed E-state index contributed by atoms with van der Waals surface area (Å²) in [6.45, 7) is 6.50. The van der Waals surface area contributed by atoms with Crippen LogP contribution in [-0.2, 0) is 11.2 Å². The lowest BCUT2D eigenvalue weighted by molar-refractivity contribution is -0.423. The molecule has 10 heteroatoms. The van der Waals surface area contributed by atoms with Gasteiger partial charge in [0.05, 0.1) is 6.61 Å². The monoisotopic (exact) mass is 440 g/mol. The van der Waals surface area contributed by atoms with Crippen molar-refractivity contribution >= 4 is 0 Å². The summed E-state index contributed by atoms with van der Waals surface area (Å²) in [5.41, 5.74) is 2.35. The molecule has 1 unspecified atom stereocenters. The molecule has 0 saturated carbocycles. The molecular formula is C21H29FN2O7. The first-order valence-corrected chi connectivity index (χ1v) is 10.1. The maximum atomic E-state index is 14.0. The molecule has 9 nitrogen and oxygen atoms in total. The van der Waals surface area contributed by atoms with Crippen molar-refractivity contribution in [3.63, 3.8) is 0 Å². The van der Waals surface area contributed by atoms with E-state index in [-0.39, 0.29) is 24.2 Å². The van der Waals surface area contributed by atoms with Gasteiger partial charge in [-0.25, -0.2) is 4.39 Å². The molecule has 0 amide bonds. The fraction of sp³-hybridized carbons (Fsp3) is 0.571. The normalized spacial score (nSPS) is 28.9. The predicted molar refractivity (Wildman–Crippen MR) is 107 cm³/mol. The Labute approximate surface area is 179 Å². The number of hydrogen-bond donors (Lipinski definition) is 5. The molecule has 2 heterocycles. The molecule has 1 aliphatic rings. The number of aliphatic hydroxyl groups is 5. The molecule has 0 aliphatic carbocycles. The van der Waals surface area contributed by atoms with E-state index < -0.39 is 37.0 Å². The molecule has 0 spiro atoms. The molecule has 0 bridgehead atoms. The fourth-order valence-corrected chi connectivity index (χ4v) is 3.61. The van der Waals surface area contributed by atoms with Crippen LogP contribution < -0.4 is 4.74 Å². The van der Waals surface area contributed by atoms with Crippen molar-refractivity contribution in [2.24, 2.45) is 0 Å². The van der Waals surface area contributed by atoms with Crippen LogP contribution in [0.4, 0.5) is 4.39 Å². The van der Waals surface area contributed by atoms with Gasteiger partial charge in [-0.05, 0) is 44.9 Å². The molecule has 1 aromatic heterocycles. The van der Waals surface area contributed by atoms with Crippen molar-refractivity contribution in [3.05, 3.63) is 46.4 Å². The van der Waals surface area contributed by atoms with Gasteiger partial charge in [-0.3, -0.25) is 4.68 Å². The van der Waals surface area contributed by atoms with Crippen LogP contribution in [0.2, 0.25) is 0 Å². The lowest BCUT2D eigenvalue weighted by Gasteiger charge is -2.43. The number of halogens is 1. The Morgan fingerprint density at radius 2 is 1.90 bits per heavy atom. The number of hydrogen-bond acceptors (Lipinski definition) is 8. The second-order valence-electron chi connectivity index (χ2n) is 8.17. The lowest BCUT2D eigenvalue weighted by atomic mass is 9.98. The zero-order chi connectivity index (χ0) is 23.1. The molecule has 5 atom stereocenters. The predicted octanol–water partition coefficient (Wildman–Crippen LogP) is 0.309. The summed E-state index contributed by atoms with van der Waals surface area (Å²) in [5, 5.41) is 54.8. The van der Waals surface area contributed by atoms with Gasteiger partial charge in [0.15, 0.2) is 6.10 Å². The van der Waals surface area contributed by atoms with Crippen LogP contribution in [-0.4, -0.2) is 72.3 Å². The minimum atomic E-state index is -2.78. The summed E-state index contributed by atoms with van der Waals surface area (Å²) in [4.78, 5) is 0. The molecule has 1 aromatic carbocycles. The summed E-state index contributed by atoms with van der Waals surface area (Å²) in [6, 6.07) is 4.74. The summed E-state index contributed by atoms with van der Waals surface area (Å²) in [5.74, 6) is -3.22. The smallest absolute Gasteiger partial charge is 0.356 e. The summed E-state index contributed by atoms with van der Waals surface area (Å²) < 4.78 is 26.4. The molecule has 1 fully saturated rings. The third-order valence-electron chi connectivity index (χ3n) is 5.51. The topological polar surface area (TPSA) is 137 Å². The van der Waals surface area contributed by atoms with E-state index in [4.69, 9.17) is 9.47 Å². The second-order valence-corrected chi connectivity index (χ2v) is 8.17. The van der Waals surface area contributed by atoms with Crippen molar-refractivity contribution in [1.82, 2.24) is 9.78 Å². The third-order valence-corrected chi connectivity index (χ3v) is 5.51. The first-order chi connectivity index (χ1) is 14.5. The molecule has 0 radical (unpaired) electrons. The Kier molecular flexibility index (Phi) is 6.70. The van der Waals surface area contributed by atoms with E-state index in [9.17, 15) is 29.9 Å². The minimum Gasteiger partial charge on any atom is -0.417 e. The van der Waals surface area contributed by atoms with Crippen LogP contribution in [0, 0.1) is 19.7 Å². The van der Waals surface area contributed by atoms with E-state index in [0.717, 1.165) is 0 Å². The first-order valence-electron chi connectivity index (χ1n) is 10.1. The van der Waals surface area contributed by atoms with Crippen molar-refractivity contribution < 1.29 is 39.4 Å².